The van der Waals surface area contributed by atoms with E-state index in [-0.39, 0.29) is 29.0 Å². The second-order valence-corrected chi connectivity index (χ2v) is 8.51. The van der Waals surface area contributed by atoms with Gasteiger partial charge in [-0.05, 0) is 61.0 Å². The molecule has 9 heteroatoms. The molecular formula is C29H21FN4O4. The molecule has 2 aromatic carbocycles. The highest BCUT2D eigenvalue weighted by molar-refractivity contribution is 6.19. The number of benzene rings is 2. The Hall–Kier alpha value is -5.23. The largest absolute Gasteiger partial charge is 0.494 e. The zero-order chi connectivity index (χ0) is 26.8. The highest BCUT2D eigenvalue weighted by Crippen LogP contribution is 2.33. The van der Waals surface area contributed by atoms with Crippen molar-refractivity contribution in [3.05, 3.63) is 107 Å². The molecule has 0 spiro atoms. The Morgan fingerprint density at radius 3 is 2.55 bits per heavy atom. The minimum absolute atomic E-state index is 0.0862. The van der Waals surface area contributed by atoms with Gasteiger partial charge in [-0.25, -0.2) is 9.07 Å². The summed E-state index contributed by atoms with van der Waals surface area (Å²) in [5, 5.41) is 14.4. The van der Waals surface area contributed by atoms with Crippen LogP contribution >= 0.6 is 0 Å². The summed E-state index contributed by atoms with van der Waals surface area (Å²) in [5.74, 6) is -1.36. The van der Waals surface area contributed by atoms with Crippen molar-refractivity contribution in [2.75, 3.05) is 7.11 Å². The van der Waals surface area contributed by atoms with E-state index in [1.165, 1.54) is 25.5 Å². The van der Waals surface area contributed by atoms with Crippen molar-refractivity contribution in [3.63, 3.8) is 0 Å². The second-order valence-electron chi connectivity index (χ2n) is 8.51. The number of halogens is 1. The van der Waals surface area contributed by atoms with Crippen molar-refractivity contribution >= 4 is 17.9 Å². The Bertz CT molecular complexity index is 1640. The van der Waals surface area contributed by atoms with Gasteiger partial charge in [-0.3, -0.25) is 14.5 Å². The molecule has 1 aliphatic rings. The number of hydrogen-bond acceptors (Lipinski definition) is 6. The number of furan rings is 1. The SMILES string of the molecule is COc1ccc(-c2nn(-c3ccccc3)cc2/C=C2/C(=O)N(Cc3ccco3)C(=O)C(C#N)=C2C)cc1F. The molecule has 38 heavy (non-hydrogen) atoms. The van der Waals surface area contributed by atoms with E-state index < -0.39 is 17.6 Å². The van der Waals surface area contributed by atoms with Crippen LogP contribution in [0.5, 0.6) is 5.75 Å². The molecule has 188 valence electrons. The van der Waals surface area contributed by atoms with Gasteiger partial charge in [0.15, 0.2) is 11.6 Å². The van der Waals surface area contributed by atoms with Crippen molar-refractivity contribution in [2.24, 2.45) is 0 Å². The summed E-state index contributed by atoms with van der Waals surface area (Å²) in [7, 11) is 1.38. The number of aromatic nitrogens is 2. The van der Waals surface area contributed by atoms with Crippen LogP contribution in [0.1, 0.15) is 18.2 Å². The van der Waals surface area contributed by atoms with Gasteiger partial charge in [0.1, 0.15) is 23.1 Å². The number of methoxy groups -OCH3 is 1. The van der Waals surface area contributed by atoms with Gasteiger partial charge in [0.25, 0.3) is 11.8 Å². The van der Waals surface area contributed by atoms with Crippen LogP contribution in [-0.4, -0.2) is 33.6 Å². The second kappa shape index (κ2) is 10.0. The number of carbonyl (C=O) groups is 2. The first-order chi connectivity index (χ1) is 18.4. The fourth-order valence-electron chi connectivity index (χ4n) is 4.23. The van der Waals surface area contributed by atoms with Crippen molar-refractivity contribution < 1.29 is 23.1 Å². The summed E-state index contributed by atoms with van der Waals surface area (Å²) in [6, 6.07) is 19.0. The van der Waals surface area contributed by atoms with E-state index in [0.717, 1.165) is 10.6 Å². The summed E-state index contributed by atoms with van der Waals surface area (Å²) >= 11 is 0. The number of rotatable bonds is 6. The van der Waals surface area contributed by atoms with Crippen LogP contribution in [0.2, 0.25) is 0 Å². The van der Waals surface area contributed by atoms with Crippen LogP contribution in [-0.2, 0) is 16.1 Å². The quantitative estimate of drug-likeness (QED) is 0.266. The van der Waals surface area contributed by atoms with Crippen LogP contribution < -0.4 is 4.74 Å². The van der Waals surface area contributed by atoms with Crippen LogP contribution in [0.25, 0.3) is 23.0 Å². The van der Waals surface area contributed by atoms with Crippen molar-refractivity contribution in [2.45, 2.75) is 13.5 Å². The van der Waals surface area contributed by atoms with Gasteiger partial charge in [0.2, 0.25) is 0 Å². The lowest BCUT2D eigenvalue weighted by Crippen LogP contribution is -2.42. The first-order valence-electron chi connectivity index (χ1n) is 11.6. The molecule has 5 rings (SSSR count). The number of nitriles is 1. The third kappa shape index (κ3) is 4.40. The zero-order valence-corrected chi connectivity index (χ0v) is 20.5. The number of hydrogen-bond donors (Lipinski definition) is 0. The predicted molar refractivity (Wildman–Crippen MR) is 136 cm³/mol. The van der Waals surface area contributed by atoms with Gasteiger partial charge in [-0.1, -0.05) is 18.2 Å². The predicted octanol–water partition coefficient (Wildman–Crippen LogP) is 5.07. The van der Waals surface area contributed by atoms with Crippen LogP contribution in [0.4, 0.5) is 4.39 Å². The number of amides is 2. The molecule has 2 amide bonds. The molecule has 0 fully saturated rings. The first kappa shape index (κ1) is 24.5. The average Bonchev–Trinajstić information content (AvgIpc) is 3.60. The molecule has 0 saturated heterocycles. The maximum atomic E-state index is 14.6. The maximum absolute atomic E-state index is 14.6. The Labute approximate surface area is 217 Å². The lowest BCUT2D eigenvalue weighted by Gasteiger charge is -2.26. The van der Waals surface area contributed by atoms with E-state index in [9.17, 15) is 19.2 Å². The third-order valence-electron chi connectivity index (χ3n) is 6.21. The van der Waals surface area contributed by atoms with Crippen molar-refractivity contribution in [1.82, 2.24) is 14.7 Å². The van der Waals surface area contributed by atoms with Gasteiger partial charge in [-0.15, -0.1) is 0 Å². The molecule has 0 bridgehead atoms. The molecular weight excluding hydrogens is 487 g/mol. The topological polar surface area (TPSA) is 101 Å². The third-order valence-corrected chi connectivity index (χ3v) is 6.21. The van der Waals surface area contributed by atoms with E-state index in [4.69, 9.17) is 9.15 Å². The van der Waals surface area contributed by atoms with E-state index in [2.05, 4.69) is 5.10 Å². The molecule has 0 atom stereocenters. The standard InChI is InChI=1S/C29H21FN4O4/c1-18-23(28(35)33(29(36)24(18)15-31)17-22-9-6-12-38-22)13-20-16-34(21-7-4-3-5-8-21)32-27(20)19-10-11-26(37-2)25(30)14-19/h3-14,16H,17H2,1-2H3/b23-13+. The van der Waals surface area contributed by atoms with E-state index in [1.54, 1.807) is 42.1 Å². The van der Waals surface area contributed by atoms with Crippen molar-refractivity contribution in [1.29, 1.82) is 5.26 Å². The highest BCUT2D eigenvalue weighted by atomic mass is 19.1. The zero-order valence-electron chi connectivity index (χ0n) is 20.5. The number of carbonyl (C=O) groups excluding carboxylic acids is 2. The maximum Gasteiger partial charge on any atom is 0.272 e. The summed E-state index contributed by atoms with van der Waals surface area (Å²) in [4.78, 5) is 27.5. The Morgan fingerprint density at radius 2 is 1.89 bits per heavy atom. The average molecular weight is 509 g/mol. The molecule has 4 aromatic rings. The normalized spacial score (nSPS) is 14.8. The van der Waals surface area contributed by atoms with Crippen molar-refractivity contribution in [3.8, 4) is 28.8 Å². The Kier molecular flexibility index (Phi) is 6.46. The fraction of sp³-hybridized carbons (Fsp3) is 0.103. The smallest absolute Gasteiger partial charge is 0.272 e. The molecule has 2 aromatic heterocycles. The van der Waals surface area contributed by atoms with E-state index in [1.807, 2.05) is 36.4 Å². The molecule has 0 unspecified atom stereocenters. The van der Waals surface area contributed by atoms with Crippen LogP contribution in [0.3, 0.4) is 0 Å². The Balaban J connectivity index is 1.67. The number of imide groups is 1. The molecule has 0 saturated carbocycles. The fourth-order valence-corrected chi connectivity index (χ4v) is 4.23. The molecule has 0 radical (unpaired) electrons. The summed E-state index contributed by atoms with van der Waals surface area (Å²) in [6.07, 6.45) is 4.72. The van der Waals surface area contributed by atoms with Gasteiger partial charge in [0, 0.05) is 22.9 Å². The van der Waals surface area contributed by atoms with Gasteiger partial charge >= 0.3 is 0 Å². The van der Waals surface area contributed by atoms with Crippen LogP contribution in [0.15, 0.2) is 94.3 Å². The number of para-hydroxylation sites is 1. The number of ether oxygens (including phenoxy) is 1. The lowest BCUT2D eigenvalue weighted by molar-refractivity contribution is -0.141. The minimum Gasteiger partial charge on any atom is -0.494 e. The molecule has 8 nitrogen and oxygen atoms in total. The van der Waals surface area contributed by atoms with Gasteiger partial charge < -0.3 is 9.15 Å². The van der Waals surface area contributed by atoms with Gasteiger partial charge in [-0.2, -0.15) is 10.4 Å². The number of nitrogens with zero attached hydrogens (tertiary/aromatic N) is 4. The monoisotopic (exact) mass is 508 g/mol. The van der Waals surface area contributed by atoms with Gasteiger partial charge in [0.05, 0.1) is 25.6 Å². The highest BCUT2D eigenvalue weighted by Gasteiger charge is 2.36. The first-order valence-corrected chi connectivity index (χ1v) is 11.6. The lowest BCUT2D eigenvalue weighted by atomic mass is 9.93. The molecule has 0 aliphatic carbocycles. The summed E-state index contributed by atoms with van der Waals surface area (Å²) in [6.45, 7) is 1.43. The van der Waals surface area contributed by atoms with E-state index >= 15 is 0 Å². The Morgan fingerprint density at radius 1 is 1.11 bits per heavy atom. The van der Waals surface area contributed by atoms with E-state index in [0.29, 0.717) is 22.6 Å². The molecule has 3 heterocycles. The molecule has 1 aliphatic heterocycles. The van der Waals surface area contributed by atoms with Crippen LogP contribution in [0, 0.1) is 17.1 Å². The summed E-state index contributed by atoms with van der Waals surface area (Å²) in [5.41, 5.74) is 2.35. The minimum atomic E-state index is -0.694. The molecule has 0 N–H and O–H groups in total. The summed E-state index contributed by atoms with van der Waals surface area (Å²) < 4.78 is 26.6.